The summed E-state index contributed by atoms with van der Waals surface area (Å²) in [5, 5.41) is 0. The van der Waals surface area contributed by atoms with Gasteiger partial charge in [0, 0.05) is 46.0 Å². The summed E-state index contributed by atoms with van der Waals surface area (Å²) >= 11 is 0. The van der Waals surface area contributed by atoms with Crippen molar-refractivity contribution in [1.29, 1.82) is 0 Å². The fourth-order valence-electron chi connectivity index (χ4n) is 4.47. The maximum atomic E-state index is 5.95. The second kappa shape index (κ2) is 11.7. The van der Waals surface area contributed by atoms with E-state index in [-0.39, 0.29) is 0 Å². The smallest absolute Gasteiger partial charge is 0.122 e. The van der Waals surface area contributed by atoms with E-state index in [0.717, 1.165) is 56.8 Å². The van der Waals surface area contributed by atoms with E-state index in [1.165, 1.54) is 44.3 Å². The van der Waals surface area contributed by atoms with Crippen LogP contribution in [-0.2, 0) is 16.0 Å². The van der Waals surface area contributed by atoms with Crippen LogP contribution < -0.4 is 9.47 Å². The Balaban J connectivity index is 1.61. The standard InChI is InChI=1S/C23H38N2O4/c1-26-12-10-24-8-6-19(7-9-24)16-25(18-21-5-4-11-29-21)17-20-13-22(27-2)15-23(14-20)28-3/h13-15,19,21H,4-12,16-18H2,1-3H3/t21-/m1/s1. The molecule has 2 fully saturated rings. The fraction of sp³-hybridized carbons (Fsp3) is 0.739. The molecular weight excluding hydrogens is 368 g/mol. The first-order valence-electron chi connectivity index (χ1n) is 11.0. The van der Waals surface area contributed by atoms with Crippen molar-refractivity contribution in [3.8, 4) is 11.5 Å². The van der Waals surface area contributed by atoms with Crippen LogP contribution >= 0.6 is 0 Å². The van der Waals surface area contributed by atoms with Gasteiger partial charge in [0.1, 0.15) is 11.5 Å². The van der Waals surface area contributed by atoms with Gasteiger partial charge in [-0.25, -0.2) is 0 Å². The normalized spacial score (nSPS) is 21.0. The Morgan fingerprint density at radius 3 is 2.31 bits per heavy atom. The molecule has 0 aromatic heterocycles. The molecule has 6 heteroatoms. The number of ether oxygens (including phenoxy) is 4. The third-order valence-electron chi connectivity index (χ3n) is 6.14. The molecule has 0 saturated carbocycles. The first kappa shape index (κ1) is 22.3. The Kier molecular flexibility index (Phi) is 9.05. The average Bonchev–Trinajstić information content (AvgIpc) is 3.26. The highest BCUT2D eigenvalue weighted by Gasteiger charge is 2.25. The molecule has 0 bridgehead atoms. The Labute approximate surface area is 176 Å². The van der Waals surface area contributed by atoms with Crippen molar-refractivity contribution in [3.05, 3.63) is 23.8 Å². The summed E-state index contributed by atoms with van der Waals surface area (Å²) in [4.78, 5) is 5.11. The van der Waals surface area contributed by atoms with E-state index in [1.54, 1.807) is 21.3 Å². The largest absolute Gasteiger partial charge is 0.497 e. The molecule has 1 aromatic rings. The van der Waals surface area contributed by atoms with Gasteiger partial charge >= 0.3 is 0 Å². The van der Waals surface area contributed by atoms with E-state index in [1.807, 2.05) is 6.07 Å². The summed E-state index contributed by atoms with van der Waals surface area (Å²) in [5.41, 5.74) is 1.23. The molecule has 6 nitrogen and oxygen atoms in total. The molecule has 3 rings (SSSR count). The third kappa shape index (κ3) is 7.14. The topological polar surface area (TPSA) is 43.4 Å². The van der Waals surface area contributed by atoms with Crippen LogP contribution in [0.25, 0.3) is 0 Å². The van der Waals surface area contributed by atoms with Crippen molar-refractivity contribution in [1.82, 2.24) is 9.80 Å². The number of benzene rings is 1. The van der Waals surface area contributed by atoms with Crippen molar-refractivity contribution < 1.29 is 18.9 Å². The van der Waals surface area contributed by atoms with Gasteiger partial charge in [0.2, 0.25) is 0 Å². The van der Waals surface area contributed by atoms with Gasteiger partial charge in [-0.05, 0) is 62.4 Å². The van der Waals surface area contributed by atoms with Crippen LogP contribution in [0, 0.1) is 5.92 Å². The summed E-state index contributed by atoms with van der Waals surface area (Å²) in [7, 11) is 5.20. The van der Waals surface area contributed by atoms with Crippen LogP contribution in [0.15, 0.2) is 18.2 Å². The van der Waals surface area contributed by atoms with Gasteiger partial charge in [-0.3, -0.25) is 4.90 Å². The van der Waals surface area contributed by atoms with Crippen molar-refractivity contribution in [3.63, 3.8) is 0 Å². The number of likely N-dealkylation sites (tertiary alicyclic amines) is 1. The number of hydrogen-bond donors (Lipinski definition) is 0. The lowest BCUT2D eigenvalue weighted by atomic mass is 9.95. The highest BCUT2D eigenvalue weighted by molar-refractivity contribution is 5.38. The van der Waals surface area contributed by atoms with E-state index >= 15 is 0 Å². The predicted octanol–water partition coefficient (Wildman–Crippen LogP) is 3.04. The lowest BCUT2D eigenvalue weighted by Gasteiger charge is -2.35. The first-order chi connectivity index (χ1) is 14.2. The quantitative estimate of drug-likeness (QED) is 0.563. The maximum absolute atomic E-state index is 5.95. The van der Waals surface area contributed by atoms with Gasteiger partial charge in [-0.2, -0.15) is 0 Å². The molecule has 1 aromatic carbocycles. The molecule has 2 aliphatic heterocycles. The molecule has 1 atom stereocenters. The van der Waals surface area contributed by atoms with Crippen molar-refractivity contribution >= 4 is 0 Å². The van der Waals surface area contributed by atoms with Crippen LogP contribution in [0.4, 0.5) is 0 Å². The Hall–Kier alpha value is -1.34. The van der Waals surface area contributed by atoms with Crippen molar-refractivity contribution in [2.24, 2.45) is 5.92 Å². The van der Waals surface area contributed by atoms with E-state index in [9.17, 15) is 0 Å². The molecule has 164 valence electrons. The molecule has 0 radical (unpaired) electrons. The molecule has 29 heavy (non-hydrogen) atoms. The van der Waals surface area contributed by atoms with Crippen LogP contribution in [0.2, 0.25) is 0 Å². The van der Waals surface area contributed by atoms with Gasteiger partial charge in [0.05, 0.1) is 26.9 Å². The molecule has 0 amide bonds. The second-order valence-corrected chi connectivity index (χ2v) is 8.33. The summed E-state index contributed by atoms with van der Waals surface area (Å²) in [5.74, 6) is 2.44. The van der Waals surface area contributed by atoms with Crippen LogP contribution in [0.3, 0.4) is 0 Å². The minimum absolute atomic E-state index is 0.365. The molecule has 0 unspecified atom stereocenters. The highest BCUT2D eigenvalue weighted by Crippen LogP contribution is 2.26. The maximum Gasteiger partial charge on any atom is 0.122 e. The van der Waals surface area contributed by atoms with Gasteiger partial charge in [-0.15, -0.1) is 0 Å². The van der Waals surface area contributed by atoms with Gasteiger partial charge in [0.15, 0.2) is 0 Å². The first-order valence-corrected chi connectivity index (χ1v) is 11.0. The van der Waals surface area contributed by atoms with Crippen LogP contribution in [0.5, 0.6) is 11.5 Å². The van der Waals surface area contributed by atoms with Crippen molar-refractivity contribution in [2.75, 3.05) is 67.3 Å². The SMILES string of the molecule is COCCN1CCC(CN(Cc2cc(OC)cc(OC)c2)C[C@H]2CCCO2)CC1. The molecule has 2 aliphatic rings. The number of piperidine rings is 1. The lowest BCUT2D eigenvalue weighted by molar-refractivity contribution is 0.0551. The average molecular weight is 407 g/mol. The minimum Gasteiger partial charge on any atom is -0.497 e. The van der Waals surface area contributed by atoms with E-state index in [2.05, 4.69) is 21.9 Å². The Morgan fingerprint density at radius 2 is 1.72 bits per heavy atom. The number of methoxy groups -OCH3 is 3. The summed E-state index contributed by atoms with van der Waals surface area (Å²) in [6, 6.07) is 6.18. The molecular formula is C23H38N2O4. The molecule has 0 aliphatic carbocycles. The van der Waals surface area contributed by atoms with E-state index in [4.69, 9.17) is 18.9 Å². The predicted molar refractivity (Wildman–Crippen MR) is 115 cm³/mol. The van der Waals surface area contributed by atoms with Crippen LogP contribution in [0.1, 0.15) is 31.2 Å². The second-order valence-electron chi connectivity index (χ2n) is 8.33. The lowest BCUT2D eigenvalue weighted by Crippen LogP contribution is -2.41. The van der Waals surface area contributed by atoms with Gasteiger partial charge < -0.3 is 23.8 Å². The summed E-state index contributed by atoms with van der Waals surface area (Å²) in [6.07, 6.45) is 5.24. The van der Waals surface area contributed by atoms with E-state index < -0.39 is 0 Å². The Bertz CT molecular complexity index is 576. The van der Waals surface area contributed by atoms with Gasteiger partial charge in [0.25, 0.3) is 0 Å². The zero-order valence-corrected chi connectivity index (χ0v) is 18.4. The van der Waals surface area contributed by atoms with Crippen LogP contribution in [-0.4, -0.2) is 83.2 Å². The zero-order valence-electron chi connectivity index (χ0n) is 18.4. The number of nitrogens with zero attached hydrogens (tertiary/aromatic N) is 2. The zero-order chi connectivity index (χ0) is 20.5. The monoisotopic (exact) mass is 406 g/mol. The Morgan fingerprint density at radius 1 is 1.00 bits per heavy atom. The molecule has 0 N–H and O–H groups in total. The minimum atomic E-state index is 0.365. The summed E-state index contributed by atoms with van der Waals surface area (Å²) in [6.45, 7) is 8.16. The number of hydrogen-bond acceptors (Lipinski definition) is 6. The fourth-order valence-corrected chi connectivity index (χ4v) is 4.47. The number of rotatable bonds is 11. The molecule has 2 heterocycles. The summed E-state index contributed by atoms with van der Waals surface area (Å²) < 4.78 is 22.1. The van der Waals surface area contributed by atoms with Gasteiger partial charge in [-0.1, -0.05) is 0 Å². The molecule has 2 saturated heterocycles. The third-order valence-corrected chi connectivity index (χ3v) is 6.14. The molecule has 0 spiro atoms. The van der Waals surface area contributed by atoms with E-state index in [0.29, 0.717) is 6.10 Å². The highest BCUT2D eigenvalue weighted by atomic mass is 16.5. The van der Waals surface area contributed by atoms with Crippen molar-refractivity contribution in [2.45, 2.75) is 38.3 Å².